The number of nitrogen functional groups attached to an aromatic ring is 1. The van der Waals surface area contributed by atoms with Gasteiger partial charge in [0.05, 0.1) is 6.10 Å². The van der Waals surface area contributed by atoms with Crippen molar-refractivity contribution >= 4 is 5.69 Å². The van der Waals surface area contributed by atoms with E-state index in [1.54, 1.807) is 0 Å². The number of hydrogen-bond acceptors (Lipinski definition) is 3. The molecular weight excluding hydrogens is 200 g/mol. The van der Waals surface area contributed by atoms with Crippen LogP contribution in [0.3, 0.4) is 0 Å². The number of hydrogen-bond donors (Lipinski definition) is 2. The third-order valence-corrected chi connectivity index (χ3v) is 2.52. The fraction of sp³-hybridized carbons (Fsp3) is 0.538. The summed E-state index contributed by atoms with van der Waals surface area (Å²) >= 11 is 0. The van der Waals surface area contributed by atoms with Gasteiger partial charge in [-0.2, -0.15) is 0 Å². The van der Waals surface area contributed by atoms with E-state index in [4.69, 9.17) is 5.73 Å². The van der Waals surface area contributed by atoms with E-state index < -0.39 is 6.10 Å². The normalized spacial score (nSPS) is 13.4. The molecule has 3 N–H and O–H groups in total. The maximum atomic E-state index is 10.1. The van der Waals surface area contributed by atoms with Gasteiger partial charge in [0.15, 0.2) is 0 Å². The highest BCUT2D eigenvalue weighted by Gasteiger charge is 2.13. The van der Waals surface area contributed by atoms with Crippen LogP contribution in [0.2, 0.25) is 0 Å². The molecule has 3 heteroatoms. The van der Waals surface area contributed by atoms with Gasteiger partial charge in [-0.05, 0) is 19.0 Å². The van der Waals surface area contributed by atoms with E-state index in [-0.39, 0.29) is 0 Å². The van der Waals surface area contributed by atoms with Crippen molar-refractivity contribution in [3.63, 3.8) is 0 Å². The lowest BCUT2D eigenvalue weighted by molar-refractivity contribution is 0.121. The highest BCUT2D eigenvalue weighted by molar-refractivity contribution is 5.47. The second-order valence-electron chi connectivity index (χ2n) is 4.76. The molecule has 0 aliphatic rings. The molecule has 0 bridgehead atoms. The Labute approximate surface area is 97.9 Å². The van der Waals surface area contributed by atoms with Gasteiger partial charge in [0, 0.05) is 24.3 Å². The average molecular weight is 222 g/mol. The van der Waals surface area contributed by atoms with Gasteiger partial charge < -0.3 is 15.7 Å². The van der Waals surface area contributed by atoms with Crippen LogP contribution in [0.25, 0.3) is 0 Å². The van der Waals surface area contributed by atoms with E-state index in [2.05, 4.69) is 18.7 Å². The van der Waals surface area contributed by atoms with Crippen molar-refractivity contribution in [1.82, 2.24) is 4.90 Å². The van der Waals surface area contributed by atoms with Crippen molar-refractivity contribution < 1.29 is 5.11 Å². The smallest absolute Gasteiger partial charge is 0.0936 e. The van der Waals surface area contributed by atoms with Gasteiger partial charge in [-0.1, -0.05) is 32.0 Å². The molecule has 1 aromatic carbocycles. The van der Waals surface area contributed by atoms with Crippen LogP contribution < -0.4 is 5.73 Å². The number of aliphatic hydroxyl groups excluding tert-OH is 1. The van der Waals surface area contributed by atoms with Crippen LogP contribution in [-0.4, -0.2) is 30.1 Å². The lowest BCUT2D eigenvalue weighted by Crippen LogP contribution is -2.28. The minimum atomic E-state index is -0.509. The second-order valence-corrected chi connectivity index (χ2v) is 4.76. The van der Waals surface area contributed by atoms with Gasteiger partial charge >= 0.3 is 0 Å². The van der Waals surface area contributed by atoms with Crippen molar-refractivity contribution in [1.29, 1.82) is 0 Å². The molecule has 1 unspecified atom stereocenters. The van der Waals surface area contributed by atoms with Crippen LogP contribution in [0.15, 0.2) is 24.3 Å². The molecule has 0 spiro atoms. The van der Waals surface area contributed by atoms with Gasteiger partial charge in [0.2, 0.25) is 0 Å². The minimum Gasteiger partial charge on any atom is -0.398 e. The van der Waals surface area contributed by atoms with Crippen LogP contribution in [0.1, 0.15) is 25.5 Å². The standard InChI is InChI=1S/C13H22N2O/c1-10(2)8-15(3)9-13(16)11-6-4-5-7-12(11)14/h4-7,10,13,16H,8-9,14H2,1-3H3. The second kappa shape index (κ2) is 5.87. The summed E-state index contributed by atoms with van der Waals surface area (Å²) in [6, 6.07) is 7.48. The first-order chi connectivity index (χ1) is 7.50. The van der Waals surface area contributed by atoms with Crippen molar-refractivity contribution in [2.24, 2.45) is 5.92 Å². The largest absolute Gasteiger partial charge is 0.398 e. The molecule has 1 rings (SSSR count). The lowest BCUT2D eigenvalue weighted by atomic mass is 10.1. The molecule has 0 radical (unpaired) electrons. The maximum Gasteiger partial charge on any atom is 0.0936 e. The molecule has 0 fully saturated rings. The SMILES string of the molecule is CC(C)CN(C)CC(O)c1ccccc1N. The Morgan fingerprint density at radius 1 is 1.25 bits per heavy atom. The maximum absolute atomic E-state index is 10.1. The average Bonchev–Trinajstić information content (AvgIpc) is 2.16. The quantitative estimate of drug-likeness (QED) is 0.748. The van der Waals surface area contributed by atoms with Crippen molar-refractivity contribution in [3.8, 4) is 0 Å². The highest BCUT2D eigenvalue weighted by Crippen LogP contribution is 2.20. The highest BCUT2D eigenvalue weighted by atomic mass is 16.3. The van der Waals surface area contributed by atoms with Gasteiger partial charge in [0.25, 0.3) is 0 Å². The number of anilines is 1. The Bertz CT molecular complexity index is 325. The molecule has 0 saturated carbocycles. The molecule has 16 heavy (non-hydrogen) atoms. The summed E-state index contributed by atoms with van der Waals surface area (Å²) in [5.41, 5.74) is 7.30. The minimum absolute atomic E-state index is 0.509. The zero-order valence-electron chi connectivity index (χ0n) is 10.4. The molecule has 1 aromatic rings. The lowest BCUT2D eigenvalue weighted by Gasteiger charge is -2.23. The van der Waals surface area contributed by atoms with Gasteiger partial charge in [-0.15, -0.1) is 0 Å². The monoisotopic (exact) mass is 222 g/mol. The fourth-order valence-corrected chi connectivity index (χ4v) is 1.91. The van der Waals surface area contributed by atoms with E-state index in [9.17, 15) is 5.11 Å². The molecule has 0 heterocycles. The van der Waals surface area contributed by atoms with Crippen LogP contribution in [0.5, 0.6) is 0 Å². The molecule has 0 saturated heterocycles. The summed E-state index contributed by atoms with van der Waals surface area (Å²) < 4.78 is 0. The van der Waals surface area contributed by atoms with E-state index >= 15 is 0 Å². The molecule has 0 amide bonds. The summed E-state index contributed by atoms with van der Waals surface area (Å²) in [4.78, 5) is 2.13. The summed E-state index contributed by atoms with van der Waals surface area (Å²) in [5.74, 6) is 0.602. The Morgan fingerprint density at radius 3 is 2.44 bits per heavy atom. The first kappa shape index (κ1) is 13.0. The van der Waals surface area contributed by atoms with Gasteiger partial charge in [-0.25, -0.2) is 0 Å². The third kappa shape index (κ3) is 3.83. The summed E-state index contributed by atoms with van der Waals surface area (Å²) in [6.07, 6.45) is -0.509. The van der Waals surface area contributed by atoms with Crippen LogP contribution in [0.4, 0.5) is 5.69 Å². The number of para-hydroxylation sites is 1. The summed E-state index contributed by atoms with van der Waals surface area (Å²) in [5, 5.41) is 10.1. The Kier molecular flexibility index (Phi) is 4.77. The number of rotatable bonds is 5. The van der Waals surface area contributed by atoms with E-state index in [1.807, 2.05) is 31.3 Å². The number of likely N-dealkylation sites (N-methyl/N-ethyl adjacent to an activating group) is 1. The number of nitrogens with zero attached hydrogens (tertiary/aromatic N) is 1. The van der Waals surface area contributed by atoms with E-state index in [0.29, 0.717) is 18.2 Å². The summed E-state index contributed by atoms with van der Waals surface area (Å²) in [7, 11) is 2.02. The van der Waals surface area contributed by atoms with Crippen molar-refractivity contribution in [3.05, 3.63) is 29.8 Å². The number of nitrogens with two attached hydrogens (primary N) is 1. The zero-order chi connectivity index (χ0) is 12.1. The number of benzene rings is 1. The van der Waals surface area contributed by atoms with Crippen molar-refractivity contribution in [2.45, 2.75) is 20.0 Å². The van der Waals surface area contributed by atoms with Crippen LogP contribution in [-0.2, 0) is 0 Å². The van der Waals surface area contributed by atoms with Gasteiger partial charge in [0.1, 0.15) is 0 Å². The molecule has 1 atom stereocenters. The molecule has 90 valence electrons. The predicted octanol–water partition coefficient (Wildman–Crippen LogP) is 1.89. The Balaban J connectivity index is 2.58. The first-order valence-electron chi connectivity index (χ1n) is 5.71. The van der Waals surface area contributed by atoms with Crippen LogP contribution in [0, 0.1) is 5.92 Å². The van der Waals surface area contributed by atoms with Crippen LogP contribution >= 0.6 is 0 Å². The molecule has 0 aromatic heterocycles. The van der Waals surface area contributed by atoms with E-state index in [0.717, 1.165) is 12.1 Å². The number of aliphatic hydroxyl groups is 1. The first-order valence-corrected chi connectivity index (χ1v) is 5.71. The Morgan fingerprint density at radius 2 is 1.88 bits per heavy atom. The fourth-order valence-electron chi connectivity index (χ4n) is 1.91. The van der Waals surface area contributed by atoms with Crippen molar-refractivity contribution in [2.75, 3.05) is 25.9 Å². The topological polar surface area (TPSA) is 49.5 Å². The molecule has 3 nitrogen and oxygen atoms in total. The summed E-state index contributed by atoms with van der Waals surface area (Å²) in [6.45, 7) is 5.93. The van der Waals surface area contributed by atoms with E-state index in [1.165, 1.54) is 0 Å². The molecule has 0 aliphatic carbocycles. The predicted molar refractivity (Wildman–Crippen MR) is 68.1 cm³/mol. The van der Waals surface area contributed by atoms with Gasteiger partial charge in [-0.3, -0.25) is 0 Å². The Hall–Kier alpha value is -1.06. The zero-order valence-corrected chi connectivity index (χ0v) is 10.4. The third-order valence-electron chi connectivity index (χ3n) is 2.52. The molecular formula is C13H22N2O. The molecule has 0 aliphatic heterocycles.